The predicted octanol–water partition coefficient (Wildman–Crippen LogP) is 2.64. The van der Waals surface area contributed by atoms with E-state index in [4.69, 9.17) is 4.52 Å². The highest BCUT2D eigenvalue weighted by Crippen LogP contribution is 2.21. The molecule has 0 bridgehead atoms. The van der Waals surface area contributed by atoms with Crippen LogP contribution in [0.25, 0.3) is 0 Å². The van der Waals surface area contributed by atoms with Crippen molar-refractivity contribution in [2.24, 2.45) is 0 Å². The second kappa shape index (κ2) is 7.51. The molecule has 1 saturated heterocycles. The third-order valence-corrected chi connectivity index (χ3v) is 4.77. The van der Waals surface area contributed by atoms with Gasteiger partial charge in [0.1, 0.15) is 5.76 Å². The van der Waals surface area contributed by atoms with Gasteiger partial charge in [0.05, 0.1) is 12.0 Å². The van der Waals surface area contributed by atoms with Gasteiger partial charge < -0.3 is 19.3 Å². The van der Waals surface area contributed by atoms with Crippen molar-refractivity contribution < 1.29 is 9.32 Å². The molecule has 24 heavy (non-hydrogen) atoms. The highest BCUT2D eigenvalue weighted by atomic mass is 16.5. The average molecular weight is 331 g/mol. The summed E-state index contributed by atoms with van der Waals surface area (Å²) in [6.45, 7) is 5.94. The molecule has 0 saturated carbocycles. The van der Waals surface area contributed by atoms with E-state index in [-0.39, 0.29) is 12.1 Å². The fraction of sp³-hybridized carbons (Fsp3) is 0.588. The maximum atomic E-state index is 12.6. The number of imidazole rings is 1. The van der Waals surface area contributed by atoms with Crippen molar-refractivity contribution in [2.75, 3.05) is 6.54 Å². The van der Waals surface area contributed by atoms with E-state index in [0.717, 1.165) is 49.4 Å². The van der Waals surface area contributed by atoms with Crippen LogP contribution in [-0.4, -0.2) is 38.2 Å². The second-order valence-corrected chi connectivity index (χ2v) is 6.39. The quantitative estimate of drug-likeness (QED) is 0.914. The standard InChI is InChI=1S/C17H25N5O2/c1-13-16(14(2)24-20-13)11-19-17(23)22-8-4-3-5-15(22)6-9-21-10-7-18-12-21/h7,10,12,15H,3-6,8-9,11H2,1-2H3,(H,19,23)/t15-/m1/s1. The van der Waals surface area contributed by atoms with Crippen LogP contribution in [0.4, 0.5) is 4.79 Å². The maximum absolute atomic E-state index is 12.6. The predicted molar refractivity (Wildman–Crippen MR) is 89.4 cm³/mol. The molecule has 0 unspecified atom stereocenters. The van der Waals surface area contributed by atoms with E-state index in [1.807, 2.05) is 31.3 Å². The summed E-state index contributed by atoms with van der Waals surface area (Å²) in [5, 5.41) is 6.96. The molecule has 0 aliphatic carbocycles. The smallest absolute Gasteiger partial charge is 0.317 e. The van der Waals surface area contributed by atoms with Gasteiger partial charge in [-0.2, -0.15) is 0 Å². The summed E-state index contributed by atoms with van der Waals surface area (Å²) in [4.78, 5) is 18.7. The largest absolute Gasteiger partial charge is 0.361 e. The first kappa shape index (κ1) is 16.5. The zero-order valence-corrected chi connectivity index (χ0v) is 14.4. The Morgan fingerprint density at radius 2 is 2.29 bits per heavy atom. The van der Waals surface area contributed by atoms with Crippen LogP contribution in [0.5, 0.6) is 0 Å². The summed E-state index contributed by atoms with van der Waals surface area (Å²) >= 11 is 0. The number of carbonyl (C=O) groups is 1. The van der Waals surface area contributed by atoms with E-state index in [0.29, 0.717) is 6.54 Å². The van der Waals surface area contributed by atoms with Gasteiger partial charge in [0.2, 0.25) is 0 Å². The van der Waals surface area contributed by atoms with Crippen LogP contribution in [0, 0.1) is 13.8 Å². The van der Waals surface area contributed by atoms with Crippen molar-refractivity contribution in [1.29, 1.82) is 0 Å². The van der Waals surface area contributed by atoms with E-state index in [2.05, 4.69) is 20.0 Å². The minimum Gasteiger partial charge on any atom is -0.361 e. The lowest BCUT2D eigenvalue weighted by Crippen LogP contribution is -2.48. The van der Waals surface area contributed by atoms with Crippen molar-refractivity contribution in [2.45, 2.75) is 58.7 Å². The van der Waals surface area contributed by atoms with Crippen molar-refractivity contribution in [3.05, 3.63) is 35.7 Å². The molecule has 1 fully saturated rings. The number of nitrogens with one attached hydrogen (secondary N) is 1. The minimum absolute atomic E-state index is 0.00494. The van der Waals surface area contributed by atoms with Gasteiger partial charge in [-0.3, -0.25) is 0 Å². The molecule has 1 aliphatic heterocycles. The van der Waals surface area contributed by atoms with Crippen LogP contribution >= 0.6 is 0 Å². The third kappa shape index (κ3) is 3.77. The molecular weight excluding hydrogens is 306 g/mol. The number of piperidine rings is 1. The Labute approximate surface area is 142 Å². The van der Waals surface area contributed by atoms with Gasteiger partial charge in [-0.05, 0) is 39.5 Å². The lowest BCUT2D eigenvalue weighted by Gasteiger charge is -2.36. The third-order valence-electron chi connectivity index (χ3n) is 4.77. The monoisotopic (exact) mass is 331 g/mol. The molecule has 0 radical (unpaired) electrons. The molecule has 7 heteroatoms. The summed E-state index contributed by atoms with van der Waals surface area (Å²) in [5.41, 5.74) is 1.80. The number of aryl methyl sites for hydroxylation is 3. The van der Waals surface area contributed by atoms with Crippen molar-refractivity contribution in [3.8, 4) is 0 Å². The average Bonchev–Trinajstić information content (AvgIpc) is 3.22. The van der Waals surface area contributed by atoms with Gasteiger partial charge in [-0.25, -0.2) is 9.78 Å². The Balaban J connectivity index is 1.56. The number of hydrogen-bond acceptors (Lipinski definition) is 4. The maximum Gasteiger partial charge on any atom is 0.317 e. The minimum atomic E-state index is 0.00494. The van der Waals surface area contributed by atoms with Gasteiger partial charge in [-0.15, -0.1) is 0 Å². The second-order valence-electron chi connectivity index (χ2n) is 6.39. The summed E-state index contributed by atoms with van der Waals surface area (Å²) in [6, 6.07) is 0.288. The zero-order valence-electron chi connectivity index (χ0n) is 14.4. The molecule has 0 aromatic carbocycles. The molecule has 3 heterocycles. The molecule has 1 N–H and O–H groups in total. The molecule has 7 nitrogen and oxygen atoms in total. The van der Waals surface area contributed by atoms with E-state index in [1.54, 1.807) is 6.20 Å². The molecule has 0 spiro atoms. The van der Waals surface area contributed by atoms with E-state index >= 15 is 0 Å². The lowest BCUT2D eigenvalue weighted by molar-refractivity contribution is 0.143. The summed E-state index contributed by atoms with van der Waals surface area (Å²) in [6.07, 6.45) is 9.84. The Bertz CT molecular complexity index is 645. The van der Waals surface area contributed by atoms with Crippen LogP contribution in [0.3, 0.4) is 0 Å². The Hall–Kier alpha value is -2.31. The normalized spacial score (nSPS) is 17.9. The van der Waals surface area contributed by atoms with Crippen LogP contribution in [0.15, 0.2) is 23.2 Å². The number of urea groups is 1. The van der Waals surface area contributed by atoms with E-state index in [1.165, 1.54) is 6.42 Å². The van der Waals surface area contributed by atoms with Crippen molar-refractivity contribution in [3.63, 3.8) is 0 Å². The van der Waals surface area contributed by atoms with Crippen LogP contribution < -0.4 is 5.32 Å². The van der Waals surface area contributed by atoms with Gasteiger partial charge >= 0.3 is 6.03 Å². The molecular formula is C17H25N5O2. The van der Waals surface area contributed by atoms with Crippen LogP contribution in [-0.2, 0) is 13.1 Å². The first-order chi connectivity index (χ1) is 11.6. The van der Waals surface area contributed by atoms with E-state index in [9.17, 15) is 4.79 Å². The van der Waals surface area contributed by atoms with Gasteiger partial charge in [0.15, 0.2) is 0 Å². The topological polar surface area (TPSA) is 76.2 Å². The molecule has 130 valence electrons. The molecule has 2 aromatic rings. The number of hydrogen-bond donors (Lipinski definition) is 1. The lowest BCUT2D eigenvalue weighted by atomic mass is 9.99. The SMILES string of the molecule is Cc1noc(C)c1CNC(=O)N1CCCC[C@@H]1CCn1ccnc1. The van der Waals surface area contributed by atoms with Crippen LogP contribution in [0.2, 0.25) is 0 Å². The Morgan fingerprint density at radius 3 is 3.00 bits per heavy atom. The zero-order chi connectivity index (χ0) is 16.9. The number of aromatic nitrogens is 3. The molecule has 2 aromatic heterocycles. The van der Waals surface area contributed by atoms with Gasteiger partial charge in [0.25, 0.3) is 0 Å². The number of nitrogens with zero attached hydrogens (tertiary/aromatic N) is 4. The van der Waals surface area contributed by atoms with Crippen LogP contribution in [0.1, 0.15) is 42.7 Å². The number of rotatable bonds is 5. The Morgan fingerprint density at radius 1 is 1.42 bits per heavy atom. The first-order valence-corrected chi connectivity index (χ1v) is 8.57. The number of carbonyl (C=O) groups excluding carboxylic acids is 1. The van der Waals surface area contributed by atoms with Gasteiger partial charge in [-0.1, -0.05) is 5.16 Å². The highest BCUT2D eigenvalue weighted by Gasteiger charge is 2.26. The molecule has 3 rings (SSSR count). The highest BCUT2D eigenvalue weighted by molar-refractivity contribution is 5.74. The van der Waals surface area contributed by atoms with Gasteiger partial charge in [0, 0.05) is 43.6 Å². The van der Waals surface area contributed by atoms with Crippen molar-refractivity contribution in [1.82, 2.24) is 24.9 Å². The molecule has 1 atom stereocenters. The summed E-state index contributed by atoms with van der Waals surface area (Å²) in [7, 11) is 0. The number of amides is 2. The fourth-order valence-electron chi connectivity index (χ4n) is 3.30. The Kier molecular flexibility index (Phi) is 5.17. The first-order valence-electron chi connectivity index (χ1n) is 8.57. The summed E-state index contributed by atoms with van der Waals surface area (Å²) < 4.78 is 7.21. The molecule has 1 aliphatic rings. The van der Waals surface area contributed by atoms with E-state index < -0.39 is 0 Å². The molecule has 2 amide bonds. The summed E-state index contributed by atoms with van der Waals surface area (Å²) in [5.74, 6) is 0.767. The number of likely N-dealkylation sites (tertiary alicyclic amines) is 1. The fourth-order valence-corrected chi connectivity index (χ4v) is 3.30. The van der Waals surface area contributed by atoms with Crippen molar-refractivity contribution >= 4 is 6.03 Å².